The lowest BCUT2D eigenvalue weighted by Gasteiger charge is -2.25. The smallest absolute Gasteiger partial charge is 0.308 e. The minimum Gasteiger partial charge on any atom is -0.481 e. The maximum absolute atomic E-state index is 12.3. The van der Waals surface area contributed by atoms with Gasteiger partial charge in [-0.2, -0.15) is 0 Å². The highest BCUT2D eigenvalue weighted by atomic mass is 16.4. The third-order valence-corrected chi connectivity index (χ3v) is 4.56. The van der Waals surface area contributed by atoms with E-state index in [4.69, 9.17) is 0 Å². The number of carboxylic acid groups (broad SMARTS) is 1. The fraction of sp³-hybridized carbons (Fsp3) is 0.556. The summed E-state index contributed by atoms with van der Waals surface area (Å²) in [7, 11) is 0. The summed E-state index contributed by atoms with van der Waals surface area (Å²) in [4.78, 5) is 23.7. The molecule has 1 aromatic rings. The summed E-state index contributed by atoms with van der Waals surface area (Å²) < 4.78 is 0. The summed E-state index contributed by atoms with van der Waals surface area (Å²) in [6, 6.07) is 8.87. The Morgan fingerprint density at radius 1 is 1.18 bits per heavy atom. The van der Waals surface area contributed by atoms with Crippen LogP contribution in [0.2, 0.25) is 0 Å². The van der Waals surface area contributed by atoms with Gasteiger partial charge in [-0.1, -0.05) is 49.6 Å². The molecule has 1 fully saturated rings. The molecule has 0 aliphatic heterocycles. The van der Waals surface area contributed by atoms with E-state index in [0.717, 1.165) is 18.4 Å². The molecule has 0 heterocycles. The highest BCUT2D eigenvalue weighted by Gasteiger charge is 2.27. The van der Waals surface area contributed by atoms with E-state index in [9.17, 15) is 14.7 Å². The molecule has 2 N–H and O–H groups in total. The molecular weight excluding hydrogens is 278 g/mol. The van der Waals surface area contributed by atoms with Crippen LogP contribution in [0.5, 0.6) is 0 Å². The molecule has 120 valence electrons. The number of aliphatic carboxylic acids is 1. The molecule has 1 amide bonds. The molecule has 1 aromatic carbocycles. The fourth-order valence-electron chi connectivity index (χ4n) is 3.19. The molecule has 0 aromatic heterocycles. The van der Waals surface area contributed by atoms with Crippen LogP contribution in [-0.2, 0) is 9.59 Å². The van der Waals surface area contributed by atoms with Crippen LogP contribution in [0.25, 0.3) is 0 Å². The number of hydrogen-bond donors (Lipinski definition) is 2. The van der Waals surface area contributed by atoms with Gasteiger partial charge in [0, 0.05) is 6.42 Å². The average Bonchev–Trinajstić information content (AvgIpc) is 2.53. The van der Waals surface area contributed by atoms with Gasteiger partial charge in [0.2, 0.25) is 5.91 Å². The second-order valence-corrected chi connectivity index (χ2v) is 6.29. The van der Waals surface area contributed by atoms with Crippen LogP contribution in [0, 0.1) is 11.8 Å². The monoisotopic (exact) mass is 303 g/mol. The second kappa shape index (κ2) is 7.97. The molecule has 0 radical (unpaired) electrons. The Morgan fingerprint density at radius 2 is 1.82 bits per heavy atom. The van der Waals surface area contributed by atoms with E-state index < -0.39 is 17.9 Å². The standard InChI is InChI=1S/C18H25NO3/c1-13(18(21)22)17(15-10-6-3-7-11-15)19-16(20)12-14-8-4-2-5-9-14/h3,6-7,10-11,13-14,17H,2,4-5,8-9,12H2,1H3,(H,19,20)(H,21,22). The van der Waals surface area contributed by atoms with Gasteiger partial charge >= 0.3 is 5.97 Å². The zero-order valence-electron chi connectivity index (χ0n) is 13.1. The SMILES string of the molecule is CC(C(=O)O)C(NC(=O)CC1CCCCC1)c1ccccc1. The van der Waals surface area contributed by atoms with Crippen LogP contribution in [0.15, 0.2) is 30.3 Å². The Kier molecular flexibility index (Phi) is 5.99. The highest BCUT2D eigenvalue weighted by molar-refractivity contribution is 5.78. The molecule has 0 saturated heterocycles. The summed E-state index contributed by atoms with van der Waals surface area (Å²) in [5.74, 6) is -1.14. The van der Waals surface area contributed by atoms with Crippen molar-refractivity contribution in [1.29, 1.82) is 0 Å². The van der Waals surface area contributed by atoms with E-state index in [1.807, 2.05) is 30.3 Å². The maximum atomic E-state index is 12.3. The number of carbonyl (C=O) groups excluding carboxylic acids is 1. The lowest BCUT2D eigenvalue weighted by molar-refractivity contribution is -0.142. The molecule has 1 aliphatic rings. The fourth-order valence-corrected chi connectivity index (χ4v) is 3.19. The van der Waals surface area contributed by atoms with E-state index in [-0.39, 0.29) is 5.91 Å². The number of amides is 1. The Morgan fingerprint density at radius 3 is 2.41 bits per heavy atom. The molecule has 2 atom stereocenters. The molecule has 2 unspecified atom stereocenters. The van der Waals surface area contributed by atoms with Crippen LogP contribution >= 0.6 is 0 Å². The van der Waals surface area contributed by atoms with Gasteiger partial charge in [-0.3, -0.25) is 9.59 Å². The summed E-state index contributed by atoms with van der Waals surface area (Å²) in [6.07, 6.45) is 6.39. The Hall–Kier alpha value is -1.84. The van der Waals surface area contributed by atoms with Crippen LogP contribution in [0.3, 0.4) is 0 Å². The number of benzene rings is 1. The predicted molar refractivity (Wildman–Crippen MR) is 85.3 cm³/mol. The van der Waals surface area contributed by atoms with Gasteiger partial charge in [-0.05, 0) is 31.2 Å². The predicted octanol–water partition coefficient (Wildman–Crippen LogP) is 3.54. The second-order valence-electron chi connectivity index (χ2n) is 6.29. The Bertz CT molecular complexity index is 494. The Balaban J connectivity index is 2.02. The van der Waals surface area contributed by atoms with E-state index in [1.54, 1.807) is 6.92 Å². The topological polar surface area (TPSA) is 66.4 Å². The zero-order chi connectivity index (χ0) is 15.9. The van der Waals surface area contributed by atoms with Gasteiger partial charge in [0.15, 0.2) is 0 Å². The largest absolute Gasteiger partial charge is 0.481 e. The molecular formula is C18H25NO3. The summed E-state index contributed by atoms with van der Waals surface area (Å²) in [5, 5.41) is 12.2. The van der Waals surface area contributed by atoms with Gasteiger partial charge in [-0.15, -0.1) is 0 Å². The summed E-state index contributed by atoms with van der Waals surface area (Å²) >= 11 is 0. The quantitative estimate of drug-likeness (QED) is 0.844. The van der Waals surface area contributed by atoms with Crippen molar-refractivity contribution in [3.8, 4) is 0 Å². The van der Waals surface area contributed by atoms with Crippen molar-refractivity contribution in [3.63, 3.8) is 0 Å². The van der Waals surface area contributed by atoms with Crippen molar-refractivity contribution in [3.05, 3.63) is 35.9 Å². The number of nitrogens with one attached hydrogen (secondary N) is 1. The van der Waals surface area contributed by atoms with Crippen molar-refractivity contribution < 1.29 is 14.7 Å². The van der Waals surface area contributed by atoms with Gasteiger partial charge in [0.05, 0.1) is 12.0 Å². The first-order valence-corrected chi connectivity index (χ1v) is 8.15. The molecule has 4 heteroatoms. The van der Waals surface area contributed by atoms with Crippen LogP contribution < -0.4 is 5.32 Å². The van der Waals surface area contributed by atoms with Crippen molar-refractivity contribution >= 4 is 11.9 Å². The van der Waals surface area contributed by atoms with E-state index in [2.05, 4.69) is 5.32 Å². The van der Waals surface area contributed by atoms with Crippen LogP contribution in [-0.4, -0.2) is 17.0 Å². The normalized spacial score (nSPS) is 18.4. The number of rotatable bonds is 6. The highest BCUT2D eigenvalue weighted by Crippen LogP contribution is 2.27. The maximum Gasteiger partial charge on any atom is 0.308 e. The Labute approximate surface area is 131 Å². The van der Waals surface area contributed by atoms with E-state index >= 15 is 0 Å². The summed E-state index contributed by atoms with van der Waals surface area (Å²) in [5.41, 5.74) is 0.842. The molecule has 2 rings (SSSR count). The minimum absolute atomic E-state index is 0.0335. The molecule has 4 nitrogen and oxygen atoms in total. The molecule has 1 aliphatic carbocycles. The van der Waals surface area contributed by atoms with Crippen molar-refractivity contribution in [2.75, 3.05) is 0 Å². The lowest BCUT2D eigenvalue weighted by Crippen LogP contribution is -2.36. The van der Waals surface area contributed by atoms with Gasteiger partial charge in [0.25, 0.3) is 0 Å². The minimum atomic E-state index is -0.896. The third kappa shape index (κ3) is 4.58. The first kappa shape index (κ1) is 16.5. The van der Waals surface area contributed by atoms with Gasteiger partial charge in [-0.25, -0.2) is 0 Å². The van der Waals surface area contributed by atoms with Crippen molar-refractivity contribution in [1.82, 2.24) is 5.32 Å². The van der Waals surface area contributed by atoms with Crippen LogP contribution in [0.4, 0.5) is 0 Å². The van der Waals surface area contributed by atoms with Crippen molar-refractivity contribution in [2.45, 2.75) is 51.5 Å². The molecule has 0 bridgehead atoms. The number of hydrogen-bond acceptors (Lipinski definition) is 2. The molecule has 22 heavy (non-hydrogen) atoms. The first-order chi connectivity index (χ1) is 10.6. The molecule has 0 spiro atoms. The van der Waals surface area contributed by atoms with Crippen LogP contribution in [0.1, 0.15) is 57.1 Å². The zero-order valence-corrected chi connectivity index (χ0v) is 13.1. The van der Waals surface area contributed by atoms with Gasteiger partial charge in [0.1, 0.15) is 0 Å². The number of carboxylic acids is 1. The first-order valence-electron chi connectivity index (χ1n) is 8.15. The van der Waals surface area contributed by atoms with Crippen molar-refractivity contribution in [2.24, 2.45) is 11.8 Å². The average molecular weight is 303 g/mol. The molecule has 1 saturated carbocycles. The van der Waals surface area contributed by atoms with Gasteiger partial charge < -0.3 is 10.4 Å². The van der Waals surface area contributed by atoms with E-state index in [0.29, 0.717) is 12.3 Å². The number of carbonyl (C=O) groups is 2. The summed E-state index contributed by atoms with van der Waals surface area (Å²) in [6.45, 7) is 1.64. The van der Waals surface area contributed by atoms with E-state index in [1.165, 1.54) is 19.3 Å². The lowest BCUT2D eigenvalue weighted by atomic mass is 9.86. The third-order valence-electron chi connectivity index (χ3n) is 4.56.